The molecule has 0 aliphatic carbocycles. The summed E-state index contributed by atoms with van der Waals surface area (Å²) in [5, 5.41) is 15.9. The van der Waals surface area contributed by atoms with E-state index < -0.39 is 23.8 Å². The average Bonchev–Trinajstić information content (AvgIpc) is 2.72. The lowest BCUT2D eigenvalue weighted by molar-refractivity contribution is -0.137. The maximum absolute atomic E-state index is 13.3. The minimum atomic E-state index is -1.05. The van der Waals surface area contributed by atoms with Crippen LogP contribution in [0.15, 0.2) is 47.3 Å². The Hall–Kier alpha value is -3.33. The molecule has 9 heteroatoms. The van der Waals surface area contributed by atoms with E-state index in [1.807, 2.05) is 6.07 Å². The van der Waals surface area contributed by atoms with Crippen molar-refractivity contribution >= 4 is 16.7 Å². The topological polar surface area (TPSA) is 84.7 Å². The van der Waals surface area contributed by atoms with E-state index in [-0.39, 0.29) is 43.3 Å². The highest BCUT2D eigenvalue weighted by atomic mass is 19.1. The third kappa shape index (κ3) is 4.41. The van der Waals surface area contributed by atoms with Crippen LogP contribution in [-0.4, -0.2) is 51.0 Å². The smallest absolute Gasteiger partial charge is 0.275 e. The molecule has 1 saturated heterocycles. The summed E-state index contributed by atoms with van der Waals surface area (Å²) in [6.07, 6.45) is -1.49. The Morgan fingerprint density at radius 2 is 1.87 bits per heavy atom. The van der Waals surface area contributed by atoms with Gasteiger partial charge in [0.05, 0.1) is 17.6 Å². The van der Waals surface area contributed by atoms with E-state index in [9.17, 15) is 23.5 Å². The molecule has 1 aliphatic rings. The van der Waals surface area contributed by atoms with Crippen molar-refractivity contribution in [3.63, 3.8) is 0 Å². The lowest BCUT2D eigenvalue weighted by Crippen LogP contribution is -2.52. The van der Waals surface area contributed by atoms with Gasteiger partial charge < -0.3 is 14.7 Å². The number of amides is 1. The molecule has 1 aliphatic heterocycles. The van der Waals surface area contributed by atoms with Gasteiger partial charge in [0.25, 0.3) is 5.56 Å². The second-order valence-corrected chi connectivity index (χ2v) is 7.55. The number of aliphatic hydroxyl groups is 1. The van der Waals surface area contributed by atoms with E-state index in [1.54, 1.807) is 25.1 Å². The van der Waals surface area contributed by atoms with Crippen LogP contribution in [0.3, 0.4) is 0 Å². The van der Waals surface area contributed by atoms with Gasteiger partial charge in [-0.15, -0.1) is 0 Å². The van der Waals surface area contributed by atoms with Crippen molar-refractivity contribution in [2.45, 2.75) is 32.1 Å². The molecule has 0 unspecified atom stereocenters. The van der Waals surface area contributed by atoms with Crippen molar-refractivity contribution in [3.8, 4) is 5.75 Å². The molecule has 0 bridgehead atoms. The minimum Gasteiger partial charge on any atom is -0.487 e. The fraction of sp³-hybridized carbons (Fsp3) is 0.318. The first-order chi connectivity index (χ1) is 14.8. The Balaban J connectivity index is 1.44. The summed E-state index contributed by atoms with van der Waals surface area (Å²) in [4.78, 5) is 26.8. The van der Waals surface area contributed by atoms with Gasteiger partial charge in [-0.25, -0.2) is 13.5 Å². The summed E-state index contributed by atoms with van der Waals surface area (Å²) >= 11 is 0. The van der Waals surface area contributed by atoms with Crippen LogP contribution < -0.4 is 10.3 Å². The normalized spacial score (nSPS) is 18.9. The minimum absolute atomic E-state index is 0.0243. The van der Waals surface area contributed by atoms with Gasteiger partial charge in [0, 0.05) is 36.6 Å². The monoisotopic (exact) mass is 429 g/mol. The number of aliphatic hydroxyl groups excluding tert-OH is 1. The standard InChI is InChI=1S/C22H21F2N3O4/c1-13-17-4-2-3-5-18(17)22(30)27(25-13)12-21(29)26-7-6-20(19(28)11-26)31-16-9-14(23)8-15(24)10-16/h2-5,8-10,19-20,28H,6-7,11-12H2,1H3/t19-,20-/m1/s1. The van der Waals surface area contributed by atoms with Gasteiger partial charge >= 0.3 is 0 Å². The number of aromatic nitrogens is 2. The van der Waals surface area contributed by atoms with Crippen LogP contribution in [0, 0.1) is 18.6 Å². The van der Waals surface area contributed by atoms with Gasteiger partial charge in [0.2, 0.25) is 5.91 Å². The second-order valence-electron chi connectivity index (χ2n) is 7.55. The zero-order valence-electron chi connectivity index (χ0n) is 16.8. The molecule has 2 atom stereocenters. The van der Waals surface area contributed by atoms with Gasteiger partial charge in [-0.2, -0.15) is 5.10 Å². The molecule has 7 nitrogen and oxygen atoms in total. The van der Waals surface area contributed by atoms with Crippen LogP contribution in [0.2, 0.25) is 0 Å². The SMILES string of the molecule is Cc1nn(CC(=O)N2CC[C@@H](Oc3cc(F)cc(F)c3)[C@H](O)C2)c(=O)c2ccccc12. The number of carbonyl (C=O) groups excluding carboxylic acids is 1. The van der Waals surface area contributed by atoms with Crippen molar-refractivity contribution in [1.82, 2.24) is 14.7 Å². The Morgan fingerprint density at radius 1 is 1.19 bits per heavy atom. The molecular formula is C22H21F2N3O4. The van der Waals surface area contributed by atoms with E-state index in [0.717, 1.165) is 28.3 Å². The maximum atomic E-state index is 13.3. The van der Waals surface area contributed by atoms with Crippen LogP contribution in [0.4, 0.5) is 8.78 Å². The zero-order chi connectivity index (χ0) is 22.1. The Morgan fingerprint density at radius 3 is 2.55 bits per heavy atom. The van der Waals surface area contributed by atoms with E-state index in [2.05, 4.69) is 5.10 Å². The van der Waals surface area contributed by atoms with Gasteiger partial charge in [0.15, 0.2) is 0 Å². The number of fused-ring (bicyclic) bond motifs is 1. The van der Waals surface area contributed by atoms with Crippen molar-refractivity contribution in [3.05, 3.63) is 70.1 Å². The molecule has 1 N–H and O–H groups in total. The molecule has 3 aromatic rings. The van der Waals surface area contributed by atoms with Gasteiger partial charge in [-0.05, 0) is 13.0 Å². The maximum Gasteiger partial charge on any atom is 0.275 e. The molecule has 4 rings (SSSR count). The summed E-state index contributed by atoms with van der Waals surface area (Å²) in [6, 6.07) is 9.86. The molecule has 0 spiro atoms. The average molecular weight is 429 g/mol. The van der Waals surface area contributed by atoms with Crippen LogP contribution >= 0.6 is 0 Å². The molecule has 2 aromatic carbocycles. The fourth-order valence-electron chi connectivity index (χ4n) is 3.79. The first-order valence-corrected chi connectivity index (χ1v) is 9.87. The predicted molar refractivity (Wildman–Crippen MR) is 109 cm³/mol. The molecule has 2 heterocycles. The van der Waals surface area contributed by atoms with Crippen LogP contribution in [0.25, 0.3) is 10.8 Å². The third-order valence-electron chi connectivity index (χ3n) is 5.33. The number of carbonyl (C=O) groups is 1. The summed E-state index contributed by atoms with van der Waals surface area (Å²) < 4.78 is 33.3. The van der Waals surface area contributed by atoms with Crippen LogP contribution in [-0.2, 0) is 11.3 Å². The molecule has 0 radical (unpaired) electrons. The molecule has 0 saturated carbocycles. The fourth-order valence-corrected chi connectivity index (χ4v) is 3.79. The number of ether oxygens (including phenoxy) is 1. The van der Waals surface area contributed by atoms with Gasteiger partial charge in [0.1, 0.15) is 36.1 Å². The highest BCUT2D eigenvalue weighted by Crippen LogP contribution is 2.22. The summed E-state index contributed by atoms with van der Waals surface area (Å²) in [5.74, 6) is -1.94. The number of piperidine rings is 1. The van der Waals surface area contributed by atoms with Crippen LogP contribution in [0.1, 0.15) is 12.1 Å². The second kappa shape index (κ2) is 8.43. The molecular weight excluding hydrogens is 408 g/mol. The van der Waals surface area contributed by atoms with E-state index in [4.69, 9.17) is 4.74 Å². The first kappa shape index (κ1) is 20.9. The lowest BCUT2D eigenvalue weighted by Gasteiger charge is -2.36. The first-order valence-electron chi connectivity index (χ1n) is 9.87. The number of hydrogen-bond donors (Lipinski definition) is 1. The number of likely N-dealkylation sites (tertiary alicyclic amines) is 1. The third-order valence-corrected chi connectivity index (χ3v) is 5.33. The van der Waals surface area contributed by atoms with E-state index >= 15 is 0 Å². The number of nitrogens with zero attached hydrogens (tertiary/aromatic N) is 3. The molecule has 1 aromatic heterocycles. The van der Waals surface area contributed by atoms with Crippen molar-refractivity contribution < 1.29 is 23.4 Å². The molecule has 1 amide bonds. The Labute approximate surface area is 176 Å². The number of aryl methyl sites for hydroxylation is 1. The number of benzene rings is 2. The lowest BCUT2D eigenvalue weighted by atomic mass is 10.0. The number of β-amino-alcohol motifs (C(OH)–C–C–N with tert-alkyl or cyclic N) is 1. The highest BCUT2D eigenvalue weighted by Gasteiger charge is 2.32. The molecule has 31 heavy (non-hydrogen) atoms. The summed E-state index contributed by atoms with van der Waals surface area (Å²) in [5.41, 5.74) is 0.277. The molecule has 162 valence electrons. The van der Waals surface area contributed by atoms with Gasteiger partial charge in [-0.1, -0.05) is 18.2 Å². The quantitative estimate of drug-likeness (QED) is 0.686. The van der Waals surface area contributed by atoms with E-state index in [0.29, 0.717) is 11.1 Å². The number of halogens is 2. The molecule has 1 fully saturated rings. The van der Waals surface area contributed by atoms with Gasteiger partial charge in [-0.3, -0.25) is 9.59 Å². The highest BCUT2D eigenvalue weighted by molar-refractivity contribution is 5.83. The Kier molecular flexibility index (Phi) is 5.69. The number of hydrogen-bond acceptors (Lipinski definition) is 5. The summed E-state index contributed by atoms with van der Waals surface area (Å²) in [7, 11) is 0. The summed E-state index contributed by atoms with van der Waals surface area (Å²) in [6.45, 7) is 1.75. The predicted octanol–water partition coefficient (Wildman–Crippen LogP) is 2.02. The number of rotatable bonds is 4. The Bertz CT molecular complexity index is 1180. The van der Waals surface area contributed by atoms with Crippen LogP contribution in [0.5, 0.6) is 5.75 Å². The van der Waals surface area contributed by atoms with Crippen molar-refractivity contribution in [2.24, 2.45) is 0 Å². The van der Waals surface area contributed by atoms with Crippen molar-refractivity contribution in [2.75, 3.05) is 13.1 Å². The van der Waals surface area contributed by atoms with Crippen molar-refractivity contribution in [1.29, 1.82) is 0 Å². The van der Waals surface area contributed by atoms with E-state index in [1.165, 1.54) is 4.90 Å². The zero-order valence-corrected chi connectivity index (χ0v) is 16.8. The largest absolute Gasteiger partial charge is 0.487 e.